The standard InChI is InChI=1S/C34H34O13/c1-17(35)43-27(28(44-18(2)36)32(40)47-25(30(37)38)19-8-5-4-6-9-19)31(39)45-23-13-15-34(41)21-10-7-14-33(34)24-20(16-21)11-12-22(42-3)26(24)46-29(23)33/h4-6,8-9,11-13,21,25,27-29,41H,7,10,14-16H2,1-3H3,(H,37,38)/t21-,25+,27-,28-,29+,33+,34-/m1/s1. The molecule has 248 valence electrons. The fourth-order valence-electron chi connectivity index (χ4n) is 7.75. The highest BCUT2D eigenvalue weighted by Crippen LogP contribution is 2.67. The van der Waals surface area contributed by atoms with Gasteiger partial charge in [-0.25, -0.2) is 14.4 Å². The lowest BCUT2D eigenvalue weighted by Crippen LogP contribution is -2.67. The van der Waals surface area contributed by atoms with Crippen molar-refractivity contribution in [2.45, 2.75) is 81.4 Å². The molecule has 2 bridgehead atoms. The number of carbonyl (C=O) groups is 5. The highest BCUT2D eigenvalue weighted by atomic mass is 16.6. The van der Waals surface area contributed by atoms with Crippen molar-refractivity contribution in [3.05, 3.63) is 71.0 Å². The van der Waals surface area contributed by atoms with Crippen molar-refractivity contribution >= 4 is 29.8 Å². The molecule has 1 spiro atoms. The van der Waals surface area contributed by atoms with Crippen molar-refractivity contribution in [2.75, 3.05) is 7.11 Å². The molecule has 0 saturated heterocycles. The van der Waals surface area contributed by atoms with Gasteiger partial charge >= 0.3 is 29.8 Å². The second-order valence-electron chi connectivity index (χ2n) is 12.2. The van der Waals surface area contributed by atoms with Crippen molar-refractivity contribution in [1.29, 1.82) is 0 Å². The molecule has 0 radical (unpaired) electrons. The Kier molecular flexibility index (Phi) is 8.20. The van der Waals surface area contributed by atoms with Crippen LogP contribution in [0.25, 0.3) is 0 Å². The maximum absolute atomic E-state index is 13.9. The van der Waals surface area contributed by atoms with Crippen molar-refractivity contribution in [3.8, 4) is 11.5 Å². The topological polar surface area (TPSA) is 181 Å². The first-order valence-corrected chi connectivity index (χ1v) is 15.2. The third-order valence-electron chi connectivity index (χ3n) is 9.57. The van der Waals surface area contributed by atoms with Gasteiger partial charge in [-0.1, -0.05) is 42.8 Å². The van der Waals surface area contributed by atoms with Gasteiger partial charge in [-0.15, -0.1) is 0 Å². The zero-order chi connectivity index (χ0) is 33.7. The van der Waals surface area contributed by atoms with E-state index in [1.54, 1.807) is 18.2 Å². The number of hydrogen-bond acceptors (Lipinski definition) is 12. The fourth-order valence-corrected chi connectivity index (χ4v) is 7.75. The number of aliphatic carboxylic acids is 1. The van der Waals surface area contributed by atoms with Crippen LogP contribution in [0.15, 0.2) is 54.3 Å². The molecule has 1 heterocycles. The number of carbonyl (C=O) groups excluding carboxylic acids is 4. The summed E-state index contributed by atoms with van der Waals surface area (Å²) in [6.45, 7) is 1.91. The zero-order valence-corrected chi connectivity index (χ0v) is 25.9. The average molecular weight is 651 g/mol. The minimum Gasteiger partial charge on any atom is -0.493 e. The SMILES string of the molecule is COc1ccc2c3c1O[C@H]1C(OC(=O)[C@H](OC(C)=O)[C@@H](OC(C)=O)C(=O)O[C@H](C(=O)O)c4ccccc4)=CC[C@@]4(O)[C@H](CCC[C@]314)C2. The number of carboxylic acid groups (broad SMARTS) is 1. The van der Waals surface area contributed by atoms with Crippen LogP contribution in [-0.2, 0) is 54.8 Å². The van der Waals surface area contributed by atoms with E-state index >= 15 is 0 Å². The predicted molar refractivity (Wildman–Crippen MR) is 158 cm³/mol. The molecule has 0 amide bonds. The second-order valence-corrected chi connectivity index (χ2v) is 12.2. The summed E-state index contributed by atoms with van der Waals surface area (Å²) < 4.78 is 33.3. The Morgan fingerprint density at radius 3 is 2.26 bits per heavy atom. The Morgan fingerprint density at radius 1 is 0.936 bits per heavy atom. The van der Waals surface area contributed by atoms with E-state index < -0.39 is 65.3 Å². The van der Waals surface area contributed by atoms with Crippen molar-refractivity contribution in [1.82, 2.24) is 0 Å². The van der Waals surface area contributed by atoms with Crippen LogP contribution < -0.4 is 9.47 Å². The predicted octanol–water partition coefficient (Wildman–Crippen LogP) is 2.84. The van der Waals surface area contributed by atoms with Crippen LogP contribution in [0.1, 0.15) is 62.3 Å². The molecule has 2 aromatic carbocycles. The molecule has 13 heteroatoms. The maximum atomic E-state index is 13.9. The van der Waals surface area contributed by atoms with Gasteiger partial charge in [-0.3, -0.25) is 9.59 Å². The third-order valence-corrected chi connectivity index (χ3v) is 9.57. The van der Waals surface area contributed by atoms with Crippen molar-refractivity contribution < 1.29 is 62.6 Å². The Balaban J connectivity index is 1.34. The molecule has 4 aliphatic rings. The summed E-state index contributed by atoms with van der Waals surface area (Å²) in [7, 11) is 1.50. The molecule has 0 aromatic heterocycles. The minimum absolute atomic E-state index is 0.00576. The van der Waals surface area contributed by atoms with Crippen LogP contribution >= 0.6 is 0 Å². The van der Waals surface area contributed by atoms with Crippen LogP contribution in [0, 0.1) is 5.92 Å². The van der Waals surface area contributed by atoms with E-state index in [0.29, 0.717) is 24.3 Å². The van der Waals surface area contributed by atoms with Crippen molar-refractivity contribution in [2.24, 2.45) is 5.92 Å². The molecular formula is C34H34O13. The number of esters is 4. The van der Waals surface area contributed by atoms with E-state index in [-0.39, 0.29) is 23.7 Å². The first-order valence-electron chi connectivity index (χ1n) is 15.2. The van der Waals surface area contributed by atoms with E-state index in [1.165, 1.54) is 31.4 Å². The van der Waals surface area contributed by atoms with Crippen molar-refractivity contribution in [3.63, 3.8) is 0 Å². The van der Waals surface area contributed by atoms with Crippen LogP contribution in [-0.4, -0.2) is 71.1 Å². The summed E-state index contributed by atoms with van der Waals surface area (Å²) in [4.78, 5) is 63.6. The lowest BCUT2D eigenvalue weighted by atomic mass is 9.47. The van der Waals surface area contributed by atoms with Gasteiger partial charge in [0.05, 0.1) is 18.1 Å². The summed E-state index contributed by atoms with van der Waals surface area (Å²) in [5.41, 5.74) is -0.286. The molecule has 0 unspecified atom stereocenters. The molecule has 7 atom stereocenters. The Labute approximate surface area is 269 Å². The molecule has 3 aliphatic carbocycles. The van der Waals surface area contributed by atoms with Crippen LogP contribution in [0.5, 0.6) is 11.5 Å². The number of carboxylic acids is 1. The lowest BCUT2D eigenvalue weighted by Gasteiger charge is -2.59. The lowest BCUT2D eigenvalue weighted by molar-refractivity contribution is -0.195. The molecule has 1 saturated carbocycles. The summed E-state index contributed by atoms with van der Waals surface area (Å²) in [6.07, 6.45) is -2.81. The Morgan fingerprint density at radius 2 is 1.62 bits per heavy atom. The zero-order valence-electron chi connectivity index (χ0n) is 25.9. The number of aliphatic hydroxyl groups is 1. The minimum atomic E-state index is -2.23. The summed E-state index contributed by atoms with van der Waals surface area (Å²) >= 11 is 0. The second kappa shape index (κ2) is 12.0. The van der Waals surface area contributed by atoms with Gasteiger partial charge in [0.1, 0.15) is 5.76 Å². The van der Waals surface area contributed by atoms with Gasteiger partial charge in [0.2, 0.25) is 18.3 Å². The van der Waals surface area contributed by atoms with Crippen LogP contribution in [0.3, 0.4) is 0 Å². The molecule has 13 nitrogen and oxygen atoms in total. The molecule has 47 heavy (non-hydrogen) atoms. The Bertz CT molecular complexity index is 1670. The molecule has 2 aromatic rings. The molecule has 1 aliphatic heterocycles. The van der Waals surface area contributed by atoms with Crippen LogP contribution in [0.4, 0.5) is 0 Å². The van der Waals surface area contributed by atoms with Gasteiger partial charge in [0.15, 0.2) is 17.6 Å². The smallest absolute Gasteiger partial charge is 0.357 e. The highest BCUT2D eigenvalue weighted by molar-refractivity contribution is 5.90. The summed E-state index contributed by atoms with van der Waals surface area (Å²) in [6, 6.07) is 11.3. The first-order chi connectivity index (χ1) is 22.4. The molecule has 6 rings (SSSR count). The van der Waals surface area contributed by atoms with E-state index in [2.05, 4.69) is 0 Å². The monoisotopic (exact) mass is 650 g/mol. The number of methoxy groups -OCH3 is 1. The number of ether oxygens (including phenoxy) is 6. The summed E-state index contributed by atoms with van der Waals surface area (Å²) in [5.74, 6) is -5.57. The average Bonchev–Trinajstić information content (AvgIpc) is 3.38. The van der Waals surface area contributed by atoms with E-state index in [4.69, 9.17) is 28.4 Å². The highest BCUT2D eigenvalue weighted by Gasteiger charge is 2.71. The maximum Gasteiger partial charge on any atom is 0.357 e. The third kappa shape index (κ3) is 5.18. The van der Waals surface area contributed by atoms with E-state index in [0.717, 1.165) is 37.8 Å². The molecule has 2 N–H and O–H groups in total. The normalized spacial score (nSPS) is 26.6. The van der Waals surface area contributed by atoms with Gasteiger partial charge in [0.25, 0.3) is 0 Å². The first kappa shape index (κ1) is 32.0. The summed E-state index contributed by atoms with van der Waals surface area (Å²) in [5, 5.41) is 22.1. The fraction of sp³-hybridized carbons (Fsp3) is 0.441. The van der Waals surface area contributed by atoms with E-state index in [1.807, 2.05) is 6.07 Å². The van der Waals surface area contributed by atoms with E-state index in [9.17, 15) is 34.2 Å². The molecular weight excluding hydrogens is 616 g/mol. The quantitative estimate of drug-likeness (QED) is 0.283. The number of rotatable bonds is 10. The number of benzene rings is 2. The van der Waals surface area contributed by atoms with Crippen LogP contribution in [0.2, 0.25) is 0 Å². The molecule has 1 fully saturated rings. The van der Waals surface area contributed by atoms with Gasteiger partial charge in [0, 0.05) is 25.0 Å². The largest absolute Gasteiger partial charge is 0.493 e. The van der Waals surface area contributed by atoms with Gasteiger partial charge in [-0.05, 0) is 49.3 Å². The Hall–Kier alpha value is -4.91. The van der Waals surface area contributed by atoms with Gasteiger partial charge in [-0.2, -0.15) is 0 Å². The number of hydrogen-bond donors (Lipinski definition) is 2. The van der Waals surface area contributed by atoms with Gasteiger partial charge < -0.3 is 38.6 Å².